The normalized spacial score (nSPS) is 25.1. The molecule has 0 nitrogen and oxygen atoms in total. The molecule has 1 aliphatic carbocycles. The van der Waals surface area contributed by atoms with Crippen LogP contribution in [0.5, 0.6) is 0 Å². The van der Waals surface area contributed by atoms with E-state index in [0.29, 0.717) is 15.8 Å². The molecule has 16 heavy (non-hydrogen) atoms. The molecule has 1 aliphatic rings. The van der Waals surface area contributed by atoms with E-state index < -0.39 is 0 Å². The van der Waals surface area contributed by atoms with E-state index in [9.17, 15) is 0 Å². The van der Waals surface area contributed by atoms with E-state index in [1.807, 2.05) is 0 Å². The van der Waals surface area contributed by atoms with E-state index in [4.69, 9.17) is 0 Å². The van der Waals surface area contributed by atoms with Crippen molar-refractivity contribution in [2.45, 2.75) is 40.5 Å². The molecule has 0 aliphatic heterocycles. The van der Waals surface area contributed by atoms with E-state index in [1.54, 1.807) is 25.2 Å². The molecule has 1 saturated carbocycles. The van der Waals surface area contributed by atoms with Crippen LogP contribution in [0, 0.1) is 11.8 Å². The van der Waals surface area contributed by atoms with Crippen LogP contribution < -0.4 is 0 Å². The zero-order valence-electron chi connectivity index (χ0n) is 11.7. The van der Waals surface area contributed by atoms with E-state index >= 15 is 0 Å². The van der Waals surface area contributed by atoms with Gasteiger partial charge in [-0.05, 0) is 61.6 Å². The average Bonchev–Trinajstić information content (AvgIpc) is 2.30. The Bertz CT molecular complexity index is 154. The molecule has 2 atom stereocenters. The van der Waals surface area contributed by atoms with Crippen LogP contribution in [0.4, 0.5) is 0 Å². The minimum absolute atomic E-state index is 0.397. The summed E-state index contributed by atoms with van der Waals surface area (Å²) in [5, 5.41) is 0. The maximum Gasteiger partial charge on any atom is -0.0295 e. The minimum atomic E-state index is 0.397. The molecular formula is C14H30P2. The lowest BCUT2D eigenvalue weighted by molar-refractivity contribution is 0.227. The summed E-state index contributed by atoms with van der Waals surface area (Å²) in [5.41, 5.74) is 0. The lowest BCUT2D eigenvalue weighted by atomic mass is 9.76. The summed E-state index contributed by atoms with van der Waals surface area (Å²) in [4.78, 5) is 0. The van der Waals surface area contributed by atoms with Gasteiger partial charge in [0.05, 0.1) is 0 Å². The molecule has 1 rings (SSSR count). The zero-order valence-corrected chi connectivity index (χ0v) is 13.5. The van der Waals surface area contributed by atoms with Gasteiger partial charge in [0, 0.05) is 0 Å². The topological polar surface area (TPSA) is 0 Å². The van der Waals surface area contributed by atoms with Gasteiger partial charge in [-0.3, -0.25) is 0 Å². The Morgan fingerprint density at radius 1 is 0.688 bits per heavy atom. The van der Waals surface area contributed by atoms with Crippen LogP contribution in [-0.2, 0) is 0 Å². The van der Waals surface area contributed by atoms with Crippen molar-refractivity contribution in [2.75, 3.05) is 37.0 Å². The summed E-state index contributed by atoms with van der Waals surface area (Å²) in [6.45, 7) is 9.59. The van der Waals surface area contributed by atoms with Crippen LogP contribution in [0.3, 0.4) is 0 Å². The van der Waals surface area contributed by atoms with Gasteiger partial charge in [-0.2, -0.15) is 0 Å². The molecule has 0 aromatic carbocycles. The number of hydrogen-bond acceptors (Lipinski definition) is 0. The second kappa shape index (κ2) is 8.05. The van der Waals surface area contributed by atoms with Crippen LogP contribution in [-0.4, -0.2) is 37.0 Å². The molecule has 0 bridgehead atoms. The van der Waals surface area contributed by atoms with E-state index in [0.717, 1.165) is 11.8 Å². The predicted molar refractivity (Wildman–Crippen MR) is 82.0 cm³/mol. The second-order valence-electron chi connectivity index (χ2n) is 5.07. The summed E-state index contributed by atoms with van der Waals surface area (Å²) < 4.78 is 0. The third kappa shape index (κ3) is 4.27. The molecule has 0 N–H and O–H groups in total. The van der Waals surface area contributed by atoms with E-state index in [2.05, 4.69) is 27.7 Å². The van der Waals surface area contributed by atoms with Crippen LogP contribution in [0.15, 0.2) is 0 Å². The van der Waals surface area contributed by atoms with Gasteiger partial charge >= 0.3 is 0 Å². The van der Waals surface area contributed by atoms with Gasteiger partial charge in [-0.25, -0.2) is 0 Å². The SMILES string of the molecule is CCP(CC)CC1CCC1CP(CC)CC. The quantitative estimate of drug-likeness (QED) is 0.535. The summed E-state index contributed by atoms with van der Waals surface area (Å²) >= 11 is 0. The van der Waals surface area contributed by atoms with E-state index in [-0.39, 0.29) is 0 Å². The highest BCUT2D eigenvalue weighted by molar-refractivity contribution is 7.58. The molecule has 1 fully saturated rings. The van der Waals surface area contributed by atoms with Crippen molar-refractivity contribution in [1.82, 2.24) is 0 Å². The van der Waals surface area contributed by atoms with Gasteiger partial charge in [-0.1, -0.05) is 27.7 Å². The van der Waals surface area contributed by atoms with Gasteiger partial charge in [0.2, 0.25) is 0 Å². The fraction of sp³-hybridized carbons (Fsp3) is 1.00. The predicted octanol–water partition coefficient (Wildman–Crippen LogP) is 5.06. The van der Waals surface area contributed by atoms with Gasteiger partial charge in [0.1, 0.15) is 0 Å². The minimum Gasteiger partial charge on any atom is -0.107 e. The molecule has 96 valence electrons. The van der Waals surface area contributed by atoms with Crippen LogP contribution >= 0.6 is 15.8 Å². The molecule has 0 spiro atoms. The van der Waals surface area contributed by atoms with Crippen molar-refractivity contribution in [1.29, 1.82) is 0 Å². The summed E-state index contributed by atoms with van der Waals surface area (Å²) in [6.07, 6.45) is 12.2. The Hall–Kier alpha value is 0.860. The molecule has 2 heteroatoms. The van der Waals surface area contributed by atoms with Gasteiger partial charge < -0.3 is 0 Å². The average molecular weight is 260 g/mol. The zero-order chi connectivity index (χ0) is 12.0. The molecule has 0 radical (unpaired) electrons. The Labute approximate surface area is 105 Å². The summed E-state index contributed by atoms with van der Waals surface area (Å²) in [7, 11) is 0.794. The van der Waals surface area contributed by atoms with Crippen LogP contribution in [0.2, 0.25) is 0 Å². The standard InChI is InChI=1S/C14H30P2/c1-5-15(6-2)11-13-9-10-14(13)12-16(7-3)8-4/h13-14H,5-12H2,1-4H3. The van der Waals surface area contributed by atoms with Crippen molar-refractivity contribution in [2.24, 2.45) is 11.8 Å². The number of rotatable bonds is 8. The van der Waals surface area contributed by atoms with Crippen molar-refractivity contribution < 1.29 is 0 Å². The van der Waals surface area contributed by atoms with E-state index in [1.165, 1.54) is 24.6 Å². The highest BCUT2D eigenvalue weighted by atomic mass is 31.1. The Morgan fingerprint density at radius 3 is 1.19 bits per heavy atom. The van der Waals surface area contributed by atoms with Crippen LogP contribution in [0.25, 0.3) is 0 Å². The fourth-order valence-corrected chi connectivity index (χ4v) is 6.96. The lowest BCUT2D eigenvalue weighted by Crippen LogP contribution is -2.31. The summed E-state index contributed by atoms with van der Waals surface area (Å²) in [6, 6.07) is 0. The maximum absolute atomic E-state index is 2.40. The maximum atomic E-state index is 2.40. The Balaban J connectivity index is 2.29. The van der Waals surface area contributed by atoms with Crippen molar-refractivity contribution in [3.8, 4) is 0 Å². The molecular weight excluding hydrogens is 230 g/mol. The fourth-order valence-electron chi connectivity index (χ4n) is 2.75. The first-order valence-electron chi connectivity index (χ1n) is 7.19. The first-order chi connectivity index (χ1) is 7.74. The van der Waals surface area contributed by atoms with Gasteiger partial charge in [0.15, 0.2) is 0 Å². The molecule has 0 amide bonds. The van der Waals surface area contributed by atoms with Gasteiger partial charge in [0.25, 0.3) is 0 Å². The molecule has 0 aromatic heterocycles. The first-order valence-corrected chi connectivity index (χ1v) is 11.0. The summed E-state index contributed by atoms with van der Waals surface area (Å²) in [5.74, 6) is 2.27. The highest BCUT2D eigenvalue weighted by Gasteiger charge is 2.32. The lowest BCUT2D eigenvalue weighted by Gasteiger charge is -2.40. The Kier molecular flexibility index (Phi) is 7.50. The van der Waals surface area contributed by atoms with Gasteiger partial charge in [-0.15, -0.1) is 15.8 Å². The molecule has 0 aromatic rings. The third-order valence-electron chi connectivity index (χ3n) is 4.35. The van der Waals surface area contributed by atoms with Crippen molar-refractivity contribution in [3.05, 3.63) is 0 Å². The first kappa shape index (κ1) is 14.9. The monoisotopic (exact) mass is 260 g/mol. The molecule has 0 heterocycles. The van der Waals surface area contributed by atoms with Crippen molar-refractivity contribution >= 4 is 15.8 Å². The number of hydrogen-bond donors (Lipinski definition) is 0. The molecule has 0 saturated heterocycles. The largest absolute Gasteiger partial charge is 0.107 e. The Morgan fingerprint density at radius 2 is 1.00 bits per heavy atom. The third-order valence-corrected chi connectivity index (χ3v) is 9.90. The van der Waals surface area contributed by atoms with Crippen LogP contribution in [0.1, 0.15) is 40.5 Å². The smallest absolute Gasteiger partial charge is 0.0295 e. The molecule has 2 unspecified atom stereocenters. The highest BCUT2D eigenvalue weighted by Crippen LogP contribution is 2.50. The van der Waals surface area contributed by atoms with Crippen molar-refractivity contribution in [3.63, 3.8) is 0 Å². The second-order valence-corrected chi connectivity index (χ2v) is 11.0.